The second kappa shape index (κ2) is 6.24. The minimum Gasteiger partial charge on any atom is -0.361 e. The maximum Gasteiger partial charge on any atom is 0.146 e. The lowest BCUT2D eigenvalue weighted by molar-refractivity contribution is 0.0899. The third-order valence-electron chi connectivity index (χ3n) is 2.93. The molecule has 0 aliphatic rings. The Balaban J connectivity index is 2.15. The van der Waals surface area contributed by atoms with Crippen LogP contribution in [0, 0.1) is 0 Å². The first kappa shape index (κ1) is 16.1. The van der Waals surface area contributed by atoms with Gasteiger partial charge in [-0.15, -0.1) is 0 Å². The first-order valence-corrected chi connectivity index (χ1v) is 11.2. The summed E-state index contributed by atoms with van der Waals surface area (Å²) in [7, 11) is -1.08. The van der Waals surface area contributed by atoms with Gasteiger partial charge in [0.2, 0.25) is 0 Å². The van der Waals surface area contributed by atoms with E-state index in [-0.39, 0.29) is 0 Å². The van der Waals surface area contributed by atoms with Gasteiger partial charge in [-0.05, 0) is 12.1 Å². The molecule has 2 rings (SSSR count). The van der Waals surface area contributed by atoms with E-state index in [1.165, 1.54) is 0 Å². The van der Waals surface area contributed by atoms with E-state index < -0.39 is 8.07 Å². The van der Waals surface area contributed by atoms with Gasteiger partial charge in [-0.25, -0.2) is 4.98 Å². The molecule has 0 N–H and O–H groups in total. The number of hydrogen-bond acceptors (Lipinski definition) is 2. The normalized spacial score (nSPS) is 12.3. The molecule has 0 spiro atoms. The van der Waals surface area contributed by atoms with E-state index in [4.69, 9.17) is 39.5 Å². The van der Waals surface area contributed by atoms with Crippen LogP contribution < -0.4 is 0 Å². The highest BCUT2D eigenvalue weighted by atomic mass is 35.5. The van der Waals surface area contributed by atoms with Crippen LogP contribution in [0.3, 0.4) is 0 Å². The van der Waals surface area contributed by atoms with E-state index in [0.29, 0.717) is 33.0 Å². The Bertz CT molecular complexity index is 622. The average molecular weight is 352 g/mol. The number of fused-ring (bicyclic) bond motifs is 1. The second-order valence-corrected chi connectivity index (χ2v) is 12.7. The molecule has 0 radical (unpaired) electrons. The van der Waals surface area contributed by atoms with Crippen LogP contribution in [0.25, 0.3) is 11.0 Å². The van der Waals surface area contributed by atoms with Gasteiger partial charge in [0.05, 0.1) is 15.4 Å². The summed E-state index contributed by atoms with van der Waals surface area (Å²) in [5.74, 6) is 0. The molecule has 0 aromatic carbocycles. The van der Waals surface area contributed by atoms with Crippen molar-refractivity contribution in [1.82, 2.24) is 9.55 Å². The fraction of sp³-hybridized carbons (Fsp3) is 0.462. The maximum atomic E-state index is 6.18. The van der Waals surface area contributed by atoms with Crippen molar-refractivity contribution >= 4 is 53.9 Å². The number of rotatable bonds is 5. The monoisotopic (exact) mass is 350 g/mol. The number of pyridine rings is 1. The lowest BCUT2D eigenvalue weighted by Gasteiger charge is -2.15. The van der Waals surface area contributed by atoms with Crippen LogP contribution in [0.2, 0.25) is 40.9 Å². The largest absolute Gasteiger partial charge is 0.361 e. The third kappa shape index (κ3) is 3.89. The maximum absolute atomic E-state index is 6.18. The van der Waals surface area contributed by atoms with Crippen LogP contribution in [0.5, 0.6) is 0 Å². The average Bonchev–Trinajstić information content (AvgIpc) is 2.60. The molecule has 0 aliphatic carbocycles. The minimum absolute atomic E-state index is 0.348. The minimum atomic E-state index is -1.08. The highest BCUT2D eigenvalue weighted by Gasteiger charge is 2.15. The van der Waals surface area contributed by atoms with Crippen molar-refractivity contribution in [3.63, 3.8) is 0 Å². The molecule has 0 amide bonds. The van der Waals surface area contributed by atoms with Gasteiger partial charge in [0.15, 0.2) is 0 Å². The number of halogens is 3. The molecule has 3 nitrogen and oxygen atoms in total. The van der Waals surface area contributed by atoms with Crippen LogP contribution >= 0.6 is 34.8 Å². The van der Waals surface area contributed by atoms with Crippen molar-refractivity contribution in [3.8, 4) is 0 Å². The van der Waals surface area contributed by atoms with Gasteiger partial charge in [0.25, 0.3) is 0 Å². The molecule has 20 heavy (non-hydrogen) atoms. The van der Waals surface area contributed by atoms with Gasteiger partial charge in [-0.3, -0.25) is 0 Å². The summed E-state index contributed by atoms with van der Waals surface area (Å²) in [6, 6.07) is 2.71. The van der Waals surface area contributed by atoms with Crippen molar-refractivity contribution in [3.05, 3.63) is 27.5 Å². The summed E-state index contributed by atoms with van der Waals surface area (Å²) in [5.41, 5.74) is 0.653. The lowest BCUT2D eigenvalue weighted by atomic mass is 10.3. The fourth-order valence-electron chi connectivity index (χ4n) is 1.80. The van der Waals surface area contributed by atoms with Gasteiger partial charge in [-0.2, -0.15) is 0 Å². The Labute approximate surface area is 134 Å². The van der Waals surface area contributed by atoms with E-state index in [9.17, 15) is 0 Å². The molecule has 0 bridgehead atoms. The first-order valence-electron chi connectivity index (χ1n) is 6.36. The van der Waals surface area contributed by atoms with Crippen molar-refractivity contribution < 1.29 is 4.74 Å². The van der Waals surface area contributed by atoms with E-state index in [0.717, 1.165) is 12.7 Å². The lowest BCUT2D eigenvalue weighted by Crippen LogP contribution is -2.22. The van der Waals surface area contributed by atoms with Crippen molar-refractivity contribution in [2.45, 2.75) is 32.4 Å². The van der Waals surface area contributed by atoms with Gasteiger partial charge in [-0.1, -0.05) is 54.4 Å². The van der Waals surface area contributed by atoms with Crippen molar-refractivity contribution in [2.24, 2.45) is 0 Å². The van der Waals surface area contributed by atoms with Gasteiger partial charge >= 0.3 is 0 Å². The van der Waals surface area contributed by atoms with Crippen LogP contribution in [0.4, 0.5) is 0 Å². The molecular weight excluding hydrogens is 335 g/mol. The SMILES string of the molecule is C[Si](C)(C)CCOCn1cc(Cl)c2c(Cl)cc(Cl)nc21. The molecular formula is C13H17Cl3N2OSi. The summed E-state index contributed by atoms with van der Waals surface area (Å²) in [4.78, 5) is 4.27. The molecule has 0 saturated carbocycles. The Hall–Kier alpha value is -0.263. The van der Waals surface area contributed by atoms with Gasteiger partial charge < -0.3 is 9.30 Å². The van der Waals surface area contributed by atoms with Gasteiger partial charge in [0.1, 0.15) is 17.5 Å². The highest BCUT2D eigenvalue weighted by Crippen LogP contribution is 2.32. The van der Waals surface area contributed by atoms with Crippen LogP contribution in [0.15, 0.2) is 12.3 Å². The quantitative estimate of drug-likeness (QED) is 0.415. The molecule has 0 aliphatic heterocycles. The second-order valence-electron chi connectivity index (χ2n) is 5.92. The standard InChI is InChI=1S/C13H17Cl3N2OSi/c1-20(2,3)5-4-19-8-18-7-10(15)12-9(14)6-11(16)17-13(12)18/h6-7H,4-5,8H2,1-3H3. The molecule has 2 aromatic heterocycles. The third-order valence-corrected chi connectivity index (χ3v) is 5.41. The Morgan fingerprint density at radius 2 is 1.90 bits per heavy atom. The van der Waals surface area contributed by atoms with Crippen molar-refractivity contribution in [2.75, 3.05) is 6.61 Å². The number of aromatic nitrogens is 2. The summed E-state index contributed by atoms with van der Waals surface area (Å²) in [6.45, 7) is 8.09. The molecule has 0 atom stereocenters. The first-order chi connectivity index (χ1) is 9.28. The van der Waals surface area contributed by atoms with Crippen LogP contribution in [0.1, 0.15) is 0 Å². The molecule has 2 aromatic rings. The zero-order valence-electron chi connectivity index (χ0n) is 11.7. The van der Waals surface area contributed by atoms with E-state index >= 15 is 0 Å². The molecule has 110 valence electrons. The van der Waals surface area contributed by atoms with E-state index in [1.54, 1.807) is 12.3 Å². The number of nitrogens with zero attached hydrogens (tertiary/aromatic N) is 2. The Kier molecular flexibility index (Phi) is 5.03. The number of ether oxygens (including phenoxy) is 1. The summed E-state index contributed by atoms with van der Waals surface area (Å²) >= 11 is 18.3. The zero-order chi connectivity index (χ0) is 14.9. The molecule has 7 heteroatoms. The summed E-state index contributed by atoms with van der Waals surface area (Å²) in [5, 5.41) is 2.13. The van der Waals surface area contributed by atoms with Crippen molar-refractivity contribution in [1.29, 1.82) is 0 Å². The Morgan fingerprint density at radius 1 is 1.20 bits per heavy atom. The van der Waals surface area contributed by atoms with E-state index in [2.05, 4.69) is 24.6 Å². The fourth-order valence-corrected chi connectivity index (χ4v) is 3.45. The predicted octanol–water partition coefficient (Wildman–Crippen LogP) is 5.31. The van der Waals surface area contributed by atoms with Crippen LogP contribution in [-0.4, -0.2) is 24.2 Å². The van der Waals surface area contributed by atoms with E-state index in [1.807, 2.05) is 4.57 Å². The molecule has 0 saturated heterocycles. The molecule has 2 heterocycles. The smallest absolute Gasteiger partial charge is 0.146 e. The molecule has 0 unspecified atom stereocenters. The summed E-state index contributed by atoms with van der Waals surface area (Å²) in [6.07, 6.45) is 1.77. The topological polar surface area (TPSA) is 27.1 Å². The molecule has 0 fully saturated rings. The summed E-state index contributed by atoms with van der Waals surface area (Å²) < 4.78 is 7.54. The zero-order valence-corrected chi connectivity index (χ0v) is 15.0. The van der Waals surface area contributed by atoms with Gasteiger partial charge in [0, 0.05) is 20.9 Å². The predicted molar refractivity (Wildman–Crippen MR) is 88.9 cm³/mol. The number of hydrogen-bond donors (Lipinski definition) is 0. The highest BCUT2D eigenvalue weighted by molar-refractivity contribution is 6.76. The van der Waals surface area contributed by atoms with Crippen LogP contribution in [-0.2, 0) is 11.5 Å². The Morgan fingerprint density at radius 3 is 2.55 bits per heavy atom.